The Morgan fingerprint density at radius 1 is 1.24 bits per heavy atom. The number of carbonyl (C=O) groups is 2. The summed E-state index contributed by atoms with van der Waals surface area (Å²) in [5.74, 6) is 0.970. The molecule has 1 fully saturated rings. The minimum Gasteiger partial charge on any atom is -0.496 e. The molecule has 1 aliphatic carbocycles. The van der Waals surface area contributed by atoms with Gasteiger partial charge >= 0.3 is 0 Å². The molecule has 25 heavy (non-hydrogen) atoms. The molecule has 1 atom stereocenters. The predicted molar refractivity (Wildman–Crippen MR) is 102 cm³/mol. The third-order valence-corrected chi connectivity index (χ3v) is 5.18. The van der Waals surface area contributed by atoms with Gasteiger partial charge in [0.15, 0.2) is 0 Å². The van der Waals surface area contributed by atoms with Gasteiger partial charge in [-0.05, 0) is 43.4 Å². The van der Waals surface area contributed by atoms with Gasteiger partial charge in [0, 0.05) is 6.04 Å². The molecular formula is C19H28N2O3S. The third kappa shape index (κ3) is 5.96. The lowest BCUT2D eigenvalue weighted by molar-refractivity contribution is -0.123. The molecule has 1 aromatic carbocycles. The molecule has 0 heterocycles. The van der Waals surface area contributed by atoms with Crippen LogP contribution >= 0.6 is 11.8 Å². The van der Waals surface area contributed by atoms with E-state index in [9.17, 15) is 9.59 Å². The summed E-state index contributed by atoms with van der Waals surface area (Å²) in [6, 6.07) is 6.77. The Balaban J connectivity index is 2.02. The minimum absolute atomic E-state index is 0.0794. The van der Waals surface area contributed by atoms with Crippen LogP contribution in [0.1, 0.15) is 48.9 Å². The van der Waals surface area contributed by atoms with Crippen LogP contribution < -0.4 is 15.4 Å². The molecule has 5 nitrogen and oxygen atoms in total. The molecule has 138 valence electrons. The van der Waals surface area contributed by atoms with Crippen molar-refractivity contribution in [1.82, 2.24) is 10.6 Å². The van der Waals surface area contributed by atoms with E-state index in [4.69, 9.17) is 4.74 Å². The molecule has 6 heteroatoms. The fourth-order valence-electron chi connectivity index (χ4n) is 3.12. The molecule has 2 amide bonds. The van der Waals surface area contributed by atoms with E-state index >= 15 is 0 Å². The van der Waals surface area contributed by atoms with Gasteiger partial charge in [-0.3, -0.25) is 9.59 Å². The van der Waals surface area contributed by atoms with Crippen molar-refractivity contribution in [3.8, 4) is 5.75 Å². The number of thioether (sulfide) groups is 1. The number of para-hydroxylation sites is 1. The van der Waals surface area contributed by atoms with E-state index in [0.29, 0.717) is 17.7 Å². The Kier molecular flexibility index (Phi) is 8.12. The maximum atomic E-state index is 12.7. The summed E-state index contributed by atoms with van der Waals surface area (Å²) in [6.45, 7) is 0. The normalized spacial score (nSPS) is 16.1. The third-order valence-electron chi connectivity index (χ3n) is 4.54. The number of hydrogen-bond donors (Lipinski definition) is 2. The number of rotatable bonds is 8. The highest BCUT2D eigenvalue weighted by Gasteiger charge is 2.25. The number of carbonyl (C=O) groups excluding carboxylic acids is 2. The van der Waals surface area contributed by atoms with E-state index in [1.807, 2.05) is 12.3 Å². The van der Waals surface area contributed by atoms with Gasteiger partial charge in [0.1, 0.15) is 11.8 Å². The van der Waals surface area contributed by atoms with Crippen molar-refractivity contribution in [1.29, 1.82) is 0 Å². The first-order chi connectivity index (χ1) is 12.2. The van der Waals surface area contributed by atoms with Crippen LogP contribution in [0.2, 0.25) is 0 Å². The molecule has 0 aromatic heterocycles. The Labute approximate surface area is 154 Å². The predicted octanol–water partition coefficient (Wildman–Crippen LogP) is 3.00. The largest absolute Gasteiger partial charge is 0.496 e. The number of methoxy groups -OCH3 is 1. The second kappa shape index (κ2) is 10.3. The van der Waals surface area contributed by atoms with E-state index in [1.165, 1.54) is 13.5 Å². The van der Waals surface area contributed by atoms with Gasteiger partial charge in [-0.2, -0.15) is 11.8 Å². The highest BCUT2D eigenvalue weighted by Crippen LogP contribution is 2.19. The van der Waals surface area contributed by atoms with Gasteiger partial charge < -0.3 is 15.4 Å². The van der Waals surface area contributed by atoms with Crippen LogP contribution in [-0.4, -0.2) is 43.0 Å². The molecule has 2 rings (SSSR count). The number of ether oxygens (including phenoxy) is 1. The van der Waals surface area contributed by atoms with Crippen molar-refractivity contribution in [2.24, 2.45) is 0 Å². The summed E-state index contributed by atoms with van der Waals surface area (Å²) in [5.41, 5.74) is 0.449. The SMILES string of the molecule is COc1ccccc1C(=O)N[C@H](CCSC)C(=O)NC1CCCCC1. The van der Waals surface area contributed by atoms with E-state index in [0.717, 1.165) is 31.4 Å². The second-order valence-corrected chi connectivity index (χ2v) is 7.34. The lowest BCUT2D eigenvalue weighted by Crippen LogP contribution is -2.50. The van der Waals surface area contributed by atoms with Crippen molar-refractivity contribution < 1.29 is 14.3 Å². The molecule has 2 N–H and O–H groups in total. The molecule has 0 aliphatic heterocycles. The summed E-state index contributed by atoms with van der Waals surface area (Å²) in [7, 11) is 1.53. The summed E-state index contributed by atoms with van der Waals surface area (Å²) < 4.78 is 5.25. The lowest BCUT2D eigenvalue weighted by Gasteiger charge is -2.26. The van der Waals surface area contributed by atoms with Crippen LogP contribution in [-0.2, 0) is 4.79 Å². The van der Waals surface area contributed by atoms with E-state index in [-0.39, 0.29) is 17.9 Å². The molecule has 0 saturated heterocycles. The Morgan fingerprint density at radius 2 is 1.96 bits per heavy atom. The smallest absolute Gasteiger partial charge is 0.255 e. The highest BCUT2D eigenvalue weighted by molar-refractivity contribution is 7.98. The maximum absolute atomic E-state index is 12.7. The molecule has 0 unspecified atom stereocenters. The zero-order valence-corrected chi connectivity index (χ0v) is 15.9. The maximum Gasteiger partial charge on any atom is 0.255 e. The number of benzene rings is 1. The second-order valence-electron chi connectivity index (χ2n) is 6.35. The van der Waals surface area contributed by atoms with Crippen LogP contribution in [0.25, 0.3) is 0 Å². The van der Waals surface area contributed by atoms with Crippen molar-refractivity contribution in [3.05, 3.63) is 29.8 Å². The first-order valence-electron chi connectivity index (χ1n) is 8.89. The quantitative estimate of drug-likeness (QED) is 0.744. The molecule has 1 aliphatic rings. The standard InChI is InChI=1S/C19H28N2O3S/c1-24-17-11-7-6-10-15(17)18(22)21-16(12-13-25-2)19(23)20-14-8-4-3-5-9-14/h6-7,10-11,14,16H,3-5,8-9,12-13H2,1-2H3,(H,20,23)(H,21,22)/t16-/m1/s1. The van der Waals surface area contributed by atoms with Crippen LogP contribution in [0.4, 0.5) is 0 Å². The number of amides is 2. The Morgan fingerprint density at radius 3 is 2.64 bits per heavy atom. The van der Waals surface area contributed by atoms with E-state index in [1.54, 1.807) is 30.0 Å². The summed E-state index contributed by atoms with van der Waals surface area (Å²) in [5, 5.41) is 6.01. The average Bonchev–Trinajstić information content (AvgIpc) is 2.65. The lowest BCUT2D eigenvalue weighted by atomic mass is 9.95. The van der Waals surface area contributed by atoms with Crippen molar-refractivity contribution in [2.75, 3.05) is 19.1 Å². The van der Waals surface area contributed by atoms with Crippen LogP contribution in [0.15, 0.2) is 24.3 Å². The van der Waals surface area contributed by atoms with Crippen LogP contribution in [0.5, 0.6) is 5.75 Å². The van der Waals surface area contributed by atoms with Crippen LogP contribution in [0, 0.1) is 0 Å². The first kappa shape index (κ1) is 19.6. The van der Waals surface area contributed by atoms with E-state index < -0.39 is 6.04 Å². The summed E-state index contributed by atoms with van der Waals surface area (Å²) >= 11 is 1.67. The van der Waals surface area contributed by atoms with Gasteiger partial charge in [-0.25, -0.2) is 0 Å². The fourth-order valence-corrected chi connectivity index (χ4v) is 3.59. The fraction of sp³-hybridized carbons (Fsp3) is 0.579. The molecule has 0 spiro atoms. The van der Waals surface area contributed by atoms with Crippen molar-refractivity contribution in [3.63, 3.8) is 0 Å². The monoisotopic (exact) mass is 364 g/mol. The Bertz CT molecular complexity index is 574. The van der Waals surface area contributed by atoms with E-state index in [2.05, 4.69) is 10.6 Å². The Hall–Kier alpha value is -1.69. The minimum atomic E-state index is -0.521. The summed E-state index contributed by atoms with van der Waals surface area (Å²) in [6.07, 6.45) is 8.23. The van der Waals surface area contributed by atoms with Crippen LogP contribution in [0.3, 0.4) is 0 Å². The topological polar surface area (TPSA) is 67.4 Å². The molecule has 1 aromatic rings. The van der Waals surface area contributed by atoms with Gasteiger partial charge in [0.25, 0.3) is 5.91 Å². The summed E-state index contributed by atoms with van der Waals surface area (Å²) in [4.78, 5) is 25.3. The van der Waals surface area contributed by atoms with Crippen molar-refractivity contribution in [2.45, 2.75) is 50.6 Å². The zero-order chi connectivity index (χ0) is 18.1. The van der Waals surface area contributed by atoms with Gasteiger partial charge in [-0.15, -0.1) is 0 Å². The number of hydrogen-bond acceptors (Lipinski definition) is 4. The average molecular weight is 365 g/mol. The first-order valence-corrected chi connectivity index (χ1v) is 10.3. The number of nitrogens with one attached hydrogen (secondary N) is 2. The van der Waals surface area contributed by atoms with Crippen molar-refractivity contribution >= 4 is 23.6 Å². The molecule has 1 saturated carbocycles. The molecule has 0 bridgehead atoms. The molecular weight excluding hydrogens is 336 g/mol. The van der Waals surface area contributed by atoms with Gasteiger partial charge in [0.05, 0.1) is 12.7 Å². The van der Waals surface area contributed by atoms with Gasteiger partial charge in [-0.1, -0.05) is 31.4 Å². The van der Waals surface area contributed by atoms with Gasteiger partial charge in [0.2, 0.25) is 5.91 Å². The highest BCUT2D eigenvalue weighted by atomic mass is 32.2. The zero-order valence-electron chi connectivity index (χ0n) is 15.0. The molecule has 0 radical (unpaired) electrons.